The molecular formula is C7H6ClN3. The van der Waals surface area contributed by atoms with Crippen LogP contribution >= 0.6 is 11.8 Å². The number of fused-ring (bicyclic) bond motifs is 1. The molecule has 2 N–H and O–H groups in total. The minimum Gasteiger partial charge on any atom is -0.382 e. The van der Waals surface area contributed by atoms with Gasteiger partial charge in [0.15, 0.2) is 5.82 Å². The molecule has 1 heterocycles. The minimum absolute atomic E-state index is 0.468. The summed E-state index contributed by atoms with van der Waals surface area (Å²) in [4.78, 5) is 0. The molecule has 0 aliphatic heterocycles. The lowest BCUT2D eigenvalue weighted by Gasteiger charge is -1.87. The second-order valence-corrected chi connectivity index (χ2v) is 2.58. The lowest BCUT2D eigenvalue weighted by atomic mass is 10.2. The molecule has 0 radical (unpaired) electrons. The molecule has 56 valence electrons. The number of aromatic nitrogens is 2. The highest BCUT2D eigenvalue weighted by Crippen LogP contribution is 2.19. The molecule has 0 unspecified atom stereocenters. The molecule has 2 rings (SSSR count). The lowest BCUT2D eigenvalue weighted by molar-refractivity contribution is 1.03. The molecule has 0 saturated carbocycles. The number of nitrogens with two attached hydrogens (primary N) is 1. The number of hydrogen-bond donors (Lipinski definition) is 1. The topological polar surface area (TPSA) is 43.8 Å². The average Bonchev–Trinajstić information content (AvgIpc) is 2.30. The third kappa shape index (κ3) is 0.851. The predicted octanol–water partition coefficient (Wildman–Crippen LogP) is 1.62. The van der Waals surface area contributed by atoms with Crippen molar-refractivity contribution in [3.63, 3.8) is 0 Å². The molecule has 0 fully saturated rings. The maximum atomic E-state index is 5.70. The molecule has 0 saturated heterocycles. The molecule has 0 aliphatic rings. The highest BCUT2D eigenvalue weighted by Gasteiger charge is 2.03. The first-order valence-corrected chi connectivity index (χ1v) is 3.52. The van der Waals surface area contributed by atoms with Gasteiger partial charge in [0.2, 0.25) is 0 Å². The Bertz CT molecular complexity index is 357. The summed E-state index contributed by atoms with van der Waals surface area (Å²) in [5.41, 5.74) is 6.40. The van der Waals surface area contributed by atoms with Crippen LogP contribution in [0.15, 0.2) is 24.3 Å². The maximum absolute atomic E-state index is 5.70. The highest BCUT2D eigenvalue weighted by atomic mass is 35.5. The van der Waals surface area contributed by atoms with Crippen LogP contribution in [0.4, 0.5) is 5.82 Å². The van der Waals surface area contributed by atoms with Crippen LogP contribution in [0.25, 0.3) is 10.9 Å². The van der Waals surface area contributed by atoms with Crippen molar-refractivity contribution in [2.75, 3.05) is 5.73 Å². The van der Waals surface area contributed by atoms with E-state index in [2.05, 4.69) is 5.10 Å². The van der Waals surface area contributed by atoms with E-state index < -0.39 is 0 Å². The van der Waals surface area contributed by atoms with Gasteiger partial charge in [-0.25, -0.2) is 0 Å². The second kappa shape index (κ2) is 2.13. The van der Waals surface area contributed by atoms with Crippen LogP contribution in [-0.4, -0.2) is 9.30 Å². The number of nitrogens with zero attached hydrogens (tertiary/aromatic N) is 2. The van der Waals surface area contributed by atoms with E-state index in [4.69, 9.17) is 17.5 Å². The normalized spacial score (nSPS) is 10.6. The van der Waals surface area contributed by atoms with Crippen LogP contribution in [0.5, 0.6) is 0 Å². The van der Waals surface area contributed by atoms with Crippen LogP contribution in [0.2, 0.25) is 0 Å². The van der Waals surface area contributed by atoms with E-state index in [1.165, 1.54) is 4.20 Å². The summed E-state index contributed by atoms with van der Waals surface area (Å²) >= 11 is 5.70. The zero-order valence-electron chi connectivity index (χ0n) is 5.66. The van der Waals surface area contributed by atoms with Gasteiger partial charge >= 0.3 is 0 Å². The summed E-state index contributed by atoms with van der Waals surface area (Å²) in [7, 11) is 0. The first-order chi connectivity index (χ1) is 5.29. The second-order valence-electron chi connectivity index (χ2n) is 2.26. The van der Waals surface area contributed by atoms with Crippen LogP contribution in [-0.2, 0) is 0 Å². The Kier molecular flexibility index (Phi) is 1.26. The molecule has 0 amide bonds. The Labute approximate surface area is 68.5 Å². The predicted molar refractivity (Wildman–Crippen MR) is 45.4 cm³/mol. The van der Waals surface area contributed by atoms with E-state index >= 15 is 0 Å². The number of rotatable bonds is 0. The van der Waals surface area contributed by atoms with Crippen LogP contribution in [0.1, 0.15) is 0 Å². The summed E-state index contributed by atoms with van der Waals surface area (Å²) in [5, 5.41) is 4.74. The smallest absolute Gasteiger partial charge is 0.154 e. The Morgan fingerprint density at radius 3 is 2.82 bits per heavy atom. The molecule has 0 bridgehead atoms. The molecule has 2 aromatic rings. The SMILES string of the molecule is Nc1nn(Cl)c2ccccc12. The van der Waals surface area contributed by atoms with E-state index in [0.717, 1.165) is 10.9 Å². The fourth-order valence-corrected chi connectivity index (χ4v) is 1.28. The molecule has 0 spiro atoms. The summed E-state index contributed by atoms with van der Waals surface area (Å²) in [5.74, 6) is 0.468. The third-order valence-corrected chi connectivity index (χ3v) is 1.83. The van der Waals surface area contributed by atoms with E-state index in [9.17, 15) is 0 Å². The van der Waals surface area contributed by atoms with Crippen molar-refractivity contribution in [1.29, 1.82) is 0 Å². The molecule has 3 nitrogen and oxygen atoms in total. The summed E-state index contributed by atoms with van der Waals surface area (Å²) in [6.07, 6.45) is 0. The molecular weight excluding hydrogens is 162 g/mol. The van der Waals surface area contributed by atoms with Crippen LogP contribution < -0.4 is 5.73 Å². The van der Waals surface area contributed by atoms with Gasteiger partial charge in [-0.15, -0.1) is 5.10 Å². The Morgan fingerprint density at radius 1 is 1.36 bits per heavy atom. The van der Waals surface area contributed by atoms with Gasteiger partial charge in [0, 0.05) is 17.2 Å². The van der Waals surface area contributed by atoms with Gasteiger partial charge in [-0.1, -0.05) is 12.1 Å². The lowest BCUT2D eigenvalue weighted by Crippen LogP contribution is -1.86. The number of halogens is 1. The van der Waals surface area contributed by atoms with Crippen LogP contribution in [0, 0.1) is 0 Å². The first kappa shape index (κ1) is 6.49. The average molecular weight is 168 g/mol. The van der Waals surface area contributed by atoms with Gasteiger partial charge in [-0.3, -0.25) is 0 Å². The van der Waals surface area contributed by atoms with Crippen molar-refractivity contribution < 1.29 is 0 Å². The fraction of sp³-hybridized carbons (Fsp3) is 0. The number of nitrogen functional groups attached to an aromatic ring is 1. The van der Waals surface area contributed by atoms with E-state index in [1.54, 1.807) is 0 Å². The maximum Gasteiger partial charge on any atom is 0.154 e. The first-order valence-electron chi connectivity index (χ1n) is 3.18. The van der Waals surface area contributed by atoms with Gasteiger partial charge in [-0.2, -0.15) is 4.20 Å². The summed E-state index contributed by atoms with van der Waals surface area (Å²) in [6.45, 7) is 0. The van der Waals surface area contributed by atoms with Gasteiger partial charge < -0.3 is 5.73 Å². The number of para-hydroxylation sites is 1. The van der Waals surface area contributed by atoms with Crippen molar-refractivity contribution in [2.24, 2.45) is 0 Å². The van der Waals surface area contributed by atoms with Crippen molar-refractivity contribution in [3.05, 3.63) is 24.3 Å². The number of hydrogen-bond acceptors (Lipinski definition) is 2. The number of benzene rings is 1. The van der Waals surface area contributed by atoms with Gasteiger partial charge in [0.05, 0.1) is 5.52 Å². The van der Waals surface area contributed by atoms with E-state index in [-0.39, 0.29) is 0 Å². The Morgan fingerprint density at radius 2 is 2.09 bits per heavy atom. The minimum atomic E-state index is 0.468. The molecule has 0 aliphatic carbocycles. The van der Waals surface area contributed by atoms with E-state index in [0.29, 0.717) is 5.82 Å². The fourth-order valence-electron chi connectivity index (χ4n) is 1.05. The summed E-state index contributed by atoms with van der Waals surface area (Å²) in [6, 6.07) is 7.54. The van der Waals surface area contributed by atoms with E-state index in [1.807, 2.05) is 24.3 Å². The molecule has 1 aromatic heterocycles. The molecule has 1 aromatic carbocycles. The van der Waals surface area contributed by atoms with Crippen LogP contribution in [0.3, 0.4) is 0 Å². The van der Waals surface area contributed by atoms with Crippen molar-refractivity contribution in [2.45, 2.75) is 0 Å². The Hall–Kier alpha value is -1.22. The van der Waals surface area contributed by atoms with Gasteiger partial charge in [0.25, 0.3) is 0 Å². The zero-order valence-corrected chi connectivity index (χ0v) is 6.42. The quantitative estimate of drug-likeness (QED) is 0.648. The summed E-state index contributed by atoms with van der Waals surface area (Å²) < 4.78 is 1.25. The van der Waals surface area contributed by atoms with Crippen molar-refractivity contribution in [3.8, 4) is 0 Å². The molecule has 0 atom stereocenters. The molecule has 4 heteroatoms. The largest absolute Gasteiger partial charge is 0.382 e. The van der Waals surface area contributed by atoms with Crippen molar-refractivity contribution in [1.82, 2.24) is 9.30 Å². The standard InChI is InChI=1S/C7H6ClN3/c8-11-6-4-2-1-3-5(6)7(9)10-11/h1-4H,(H2,9,10). The Balaban J connectivity index is 2.95. The zero-order chi connectivity index (χ0) is 7.84. The van der Waals surface area contributed by atoms with Crippen molar-refractivity contribution >= 4 is 28.5 Å². The van der Waals surface area contributed by atoms with Gasteiger partial charge in [-0.05, 0) is 12.1 Å². The highest BCUT2D eigenvalue weighted by molar-refractivity contribution is 6.19. The van der Waals surface area contributed by atoms with Gasteiger partial charge in [0.1, 0.15) is 0 Å². The molecule has 11 heavy (non-hydrogen) atoms. The third-order valence-electron chi connectivity index (χ3n) is 1.57. The number of anilines is 1. The monoisotopic (exact) mass is 167 g/mol.